The molecule has 0 radical (unpaired) electrons. The van der Waals surface area contributed by atoms with Gasteiger partial charge in [0.1, 0.15) is 11.9 Å². The summed E-state index contributed by atoms with van der Waals surface area (Å²) in [6.07, 6.45) is 5.60. The summed E-state index contributed by atoms with van der Waals surface area (Å²) in [5, 5.41) is 9.46. The number of hydrogen-bond donors (Lipinski definition) is 0. The molecule has 1 heterocycles. The minimum atomic E-state index is -0.556. The average Bonchev–Trinajstić information content (AvgIpc) is 2.50. The Morgan fingerprint density at radius 3 is 2.54 bits per heavy atom. The topological polar surface area (TPSA) is 66.6 Å². The number of carbonyl (C=O) groups excluding carboxylic acids is 1. The molecule has 3 rings (SSSR count). The van der Waals surface area contributed by atoms with Crippen LogP contribution < -0.4 is 0 Å². The molecule has 0 N–H and O–H groups in total. The van der Waals surface area contributed by atoms with Crippen LogP contribution in [0.3, 0.4) is 0 Å². The van der Waals surface area contributed by atoms with Crippen molar-refractivity contribution in [3.8, 4) is 6.07 Å². The van der Waals surface area contributed by atoms with E-state index in [0.717, 1.165) is 29.9 Å². The normalized spacial score (nSPS) is 28.5. The van der Waals surface area contributed by atoms with Crippen LogP contribution in [0.5, 0.6) is 0 Å². The van der Waals surface area contributed by atoms with E-state index in [0.29, 0.717) is 0 Å². The van der Waals surface area contributed by atoms with Gasteiger partial charge in [-0.3, -0.25) is 4.79 Å². The fourth-order valence-corrected chi connectivity index (χ4v) is 4.42. The molecule has 0 spiro atoms. The van der Waals surface area contributed by atoms with Gasteiger partial charge in [-0.2, -0.15) is 5.26 Å². The molecule has 1 unspecified atom stereocenters. The monoisotopic (exact) mass is 323 g/mol. The summed E-state index contributed by atoms with van der Waals surface area (Å²) in [5.74, 6) is 0.913. The molecule has 2 aliphatic carbocycles. The van der Waals surface area contributed by atoms with Crippen molar-refractivity contribution in [2.24, 2.45) is 11.3 Å². The number of carbonyl (C=O) groups is 1. The lowest BCUT2D eigenvalue weighted by atomic mass is 9.52. The van der Waals surface area contributed by atoms with Crippen LogP contribution in [-0.2, 0) is 22.0 Å². The van der Waals surface area contributed by atoms with Crippen LogP contribution in [0.15, 0.2) is 17.8 Å². The molecule has 2 atom stereocenters. The quantitative estimate of drug-likeness (QED) is 0.731. The maximum Gasteiger partial charge on any atom is 0.178 e. The second kappa shape index (κ2) is 4.99. The maximum absolute atomic E-state index is 12.7. The summed E-state index contributed by atoms with van der Waals surface area (Å²) < 4.78 is 0. The number of allylic oxidation sites excluding steroid dienone is 2. The van der Waals surface area contributed by atoms with Gasteiger partial charge in [-0.25, -0.2) is 9.97 Å². The van der Waals surface area contributed by atoms with Crippen molar-refractivity contribution < 1.29 is 4.79 Å². The van der Waals surface area contributed by atoms with Gasteiger partial charge in [-0.1, -0.05) is 47.6 Å². The Hall–Kier alpha value is -2.02. The van der Waals surface area contributed by atoms with Crippen molar-refractivity contribution in [2.75, 3.05) is 0 Å². The Balaban J connectivity index is 2.27. The molecule has 0 fully saturated rings. The van der Waals surface area contributed by atoms with Gasteiger partial charge in [0.05, 0.1) is 11.3 Å². The standard InChI is InChI=1S/C20H25N3O/c1-18(2,3)17-22-11-12-7-8-14-19(4,5)16(24)13(10-21)9-20(14,6)15(12)23-17/h9,11,14H,7-8H2,1-6H3/t14?,20-/m0/s1. The van der Waals surface area contributed by atoms with E-state index in [1.54, 1.807) is 0 Å². The van der Waals surface area contributed by atoms with Crippen LogP contribution in [0.1, 0.15) is 65.0 Å². The summed E-state index contributed by atoms with van der Waals surface area (Å²) in [5.41, 5.74) is 1.30. The molecule has 126 valence electrons. The van der Waals surface area contributed by atoms with Crippen molar-refractivity contribution in [1.29, 1.82) is 5.26 Å². The molecule has 0 aliphatic heterocycles. The summed E-state index contributed by atoms with van der Waals surface area (Å²) in [4.78, 5) is 22.2. The number of Topliss-reactive ketones (excluding diaryl/α,β-unsaturated/α-hetero) is 1. The van der Waals surface area contributed by atoms with Crippen LogP contribution in [0.4, 0.5) is 0 Å². The lowest BCUT2D eigenvalue weighted by Crippen LogP contribution is -2.51. The number of nitriles is 1. The van der Waals surface area contributed by atoms with Crippen molar-refractivity contribution in [2.45, 2.75) is 65.2 Å². The van der Waals surface area contributed by atoms with Gasteiger partial charge in [0.15, 0.2) is 5.78 Å². The fourth-order valence-electron chi connectivity index (χ4n) is 4.42. The minimum Gasteiger partial charge on any atom is -0.293 e. The average molecular weight is 323 g/mol. The molecule has 1 aromatic rings. The van der Waals surface area contributed by atoms with Gasteiger partial charge in [0.2, 0.25) is 0 Å². The zero-order valence-electron chi connectivity index (χ0n) is 15.4. The first-order chi connectivity index (χ1) is 11.0. The van der Waals surface area contributed by atoms with Gasteiger partial charge in [0.25, 0.3) is 0 Å². The number of fused-ring (bicyclic) bond motifs is 3. The molecule has 1 aromatic heterocycles. The number of nitrogens with zero attached hydrogens (tertiary/aromatic N) is 3. The van der Waals surface area contributed by atoms with E-state index < -0.39 is 10.8 Å². The van der Waals surface area contributed by atoms with E-state index in [4.69, 9.17) is 4.98 Å². The molecule has 24 heavy (non-hydrogen) atoms. The lowest BCUT2D eigenvalue weighted by molar-refractivity contribution is -0.128. The van der Waals surface area contributed by atoms with E-state index in [1.165, 1.54) is 0 Å². The Morgan fingerprint density at radius 1 is 1.29 bits per heavy atom. The maximum atomic E-state index is 12.7. The summed E-state index contributed by atoms with van der Waals surface area (Å²) in [7, 11) is 0. The second-order valence-electron chi connectivity index (χ2n) is 8.91. The number of aryl methyl sites for hydroxylation is 1. The van der Waals surface area contributed by atoms with Crippen LogP contribution >= 0.6 is 0 Å². The highest BCUT2D eigenvalue weighted by atomic mass is 16.1. The zero-order chi connectivity index (χ0) is 17.9. The smallest absolute Gasteiger partial charge is 0.178 e. The van der Waals surface area contributed by atoms with E-state index in [1.807, 2.05) is 26.1 Å². The van der Waals surface area contributed by atoms with E-state index in [2.05, 4.69) is 38.7 Å². The largest absolute Gasteiger partial charge is 0.293 e. The molecule has 4 nitrogen and oxygen atoms in total. The Morgan fingerprint density at radius 2 is 1.96 bits per heavy atom. The van der Waals surface area contributed by atoms with Gasteiger partial charge in [0, 0.05) is 22.4 Å². The van der Waals surface area contributed by atoms with Gasteiger partial charge < -0.3 is 0 Å². The first-order valence-electron chi connectivity index (χ1n) is 8.56. The first-order valence-corrected chi connectivity index (χ1v) is 8.56. The molecular weight excluding hydrogens is 298 g/mol. The highest BCUT2D eigenvalue weighted by molar-refractivity contribution is 6.04. The molecule has 0 amide bonds. The molecule has 2 aliphatic rings. The fraction of sp³-hybridized carbons (Fsp3) is 0.600. The van der Waals surface area contributed by atoms with Crippen molar-refractivity contribution in [3.63, 3.8) is 0 Å². The number of hydrogen-bond acceptors (Lipinski definition) is 4. The Labute approximate surface area is 144 Å². The zero-order valence-corrected chi connectivity index (χ0v) is 15.4. The molecule has 0 saturated carbocycles. The van der Waals surface area contributed by atoms with Gasteiger partial charge in [-0.15, -0.1) is 0 Å². The summed E-state index contributed by atoms with van der Waals surface area (Å²) >= 11 is 0. The van der Waals surface area contributed by atoms with E-state index >= 15 is 0 Å². The van der Waals surface area contributed by atoms with Gasteiger partial charge in [-0.05, 0) is 24.3 Å². The number of ketones is 1. The number of aromatic nitrogens is 2. The molecular formula is C20H25N3O. The third kappa shape index (κ3) is 2.22. The molecule has 0 saturated heterocycles. The highest BCUT2D eigenvalue weighted by Crippen LogP contribution is 2.54. The SMILES string of the molecule is CC(C)(C)c1ncc2c(n1)[C@@]1(C)C=C(C#N)C(=O)C(C)(C)C1CC2. The van der Waals surface area contributed by atoms with E-state index in [-0.39, 0.29) is 22.7 Å². The van der Waals surface area contributed by atoms with Crippen LogP contribution in [0.2, 0.25) is 0 Å². The third-order valence-corrected chi connectivity index (χ3v) is 5.74. The Bertz CT molecular complexity index is 792. The molecule has 4 heteroatoms. The van der Waals surface area contributed by atoms with Crippen molar-refractivity contribution >= 4 is 5.78 Å². The summed E-state index contributed by atoms with van der Waals surface area (Å²) in [6.45, 7) is 12.4. The van der Waals surface area contributed by atoms with Crippen LogP contribution in [-0.4, -0.2) is 15.8 Å². The van der Waals surface area contributed by atoms with Crippen molar-refractivity contribution in [3.05, 3.63) is 34.9 Å². The molecule has 0 bridgehead atoms. The minimum absolute atomic E-state index is 0.0407. The van der Waals surface area contributed by atoms with E-state index in [9.17, 15) is 10.1 Å². The predicted molar refractivity (Wildman–Crippen MR) is 92.4 cm³/mol. The second-order valence-corrected chi connectivity index (χ2v) is 8.91. The van der Waals surface area contributed by atoms with Crippen molar-refractivity contribution in [1.82, 2.24) is 9.97 Å². The first kappa shape index (κ1) is 16.8. The van der Waals surface area contributed by atoms with Crippen LogP contribution in [0.25, 0.3) is 0 Å². The number of rotatable bonds is 0. The molecule has 0 aromatic carbocycles. The third-order valence-electron chi connectivity index (χ3n) is 5.74. The predicted octanol–water partition coefficient (Wildman–Crippen LogP) is 3.65. The lowest BCUT2D eigenvalue weighted by Gasteiger charge is -2.50. The Kier molecular flexibility index (Phi) is 3.50. The van der Waals surface area contributed by atoms with Crippen LogP contribution in [0, 0.1) is 22.7 Å². The summed E-state index contributed by atoms with van der Waals surface area (Å²) in [6, 6.07) is 2.11. The highest BCUT2D eigenvalue weighted by Gasteiger charge is 2.54. The van der Waals surface area contributed by atoms with Gasteiger partial charge >= 0.3 is 0 Å².